The van der Waals surface area contributed by atoms with Crippen LogP contribution in [0, 0.1) is 23.7 Å². The smallest absolute Gasteiger partial charge is 0.239 e. The molecule has 1 aromatic heterocycles. The van der Waals surface area contributed by atoms with Crippen molar-refractivity contribution in [3.8, 4) is 11.8 Å². The van der Waals surface area contributed by atoms with E-state index in [1.165, 1.54) is 17.5 Å². The molecule has 2 fully saturated rings. The number of carbonyl (C=O) groups excluding carboxylic acids is 2. The zero-order valence-electron chi connectivity index (χ0n) is 8.71. The Balaban J connectivity index is 1.87. The van der Waals surface area contributed by atoms with Gasteiger partial charge in [-0.2, -0.15) is 0 Å². The number of amides is 2. The van der Waals surface area contributed by atoms with E-state index in [-0.39, 0.29) is 30.3 Å². The third kappa shape index (κ3) is 1.55. The van der Waals surface area contributed by atoms with E-state index >= 15 is 0 Å². The molecule has 1 N–H and O–H groups in total. The number of aliphatic hydroxyl groups is 1. The molecule has 1 saturated carbocycles. The molecule has 1 aliphatic carbocycles. The van der Waals surface area contributed by atoms with E-state index in [1.54, 1.807) is 0 Å². The largest absolute Gasteiger partial charge is 0.384 e. The molecule has 2 heterocycles. The number of imide groups is 1. The minimum Gasteiger partial charge on any atom is -0.384 e. The van der Waals surface area contributed by atoms with Crippen molar-refractivity contribution in [1.29, 1.82) is 0 Å². The summed E-state index contributed by atoms with van der Waals surface area (Å²) in [5.41, 5.74) is 0. The van der Waals surface area contributed by atoms with Crippen LogP contribution in [-0.4, -0.2) is 28.5 Å². The van der Waals surface area contributed by atoms with Gasteiger partial charge in [-0.15, -0.1) is 0 Å². The second-order valence-corrected chi connectivity index (χ2v) is 4.94. The van der Waals surface area contributed by atoms with Crippen molar-refractivity contribution in [2.45, 2.75) is 6.42 Å². The van der Waals surface area contributed by atoms with Crippen LogP contribution in [0.1, 0.15) is 11.3 Å². The Bertz CT molecular complexity index is 549. The minimum atomic E-state index is -0.223. The number of hydrogen-bond donors (Lipinski definition) is 1. The van der Waals surface area contributed by atoms with Crippen LogP contribution in [0.4, 0.5) is 5.13 Å². The predicted molar refractivity (Wildman–Crippen MR) is 60.2 cm³/mol. The lowest BCUT2D eigenvalue weighted by atomic mass is 10.4. The highest BCUT2D eigenvalue weighted by atomic mass is 32.1. The number of thiazole rings is 1. The van der Waals surface area contributed by atoms with Crippen LogP contribution in [0.5, 0.6) is 0 Å². The summed E-state index contributed by atoms with van der Waals surface area (Å²) < 4.78 is 0. The first-order valence-electron chi connectivity index (χ1n) is 5.15. The zero-order chi connectivity index (χ0) is 12.0. The Labute approximate surface area is 101 Å². The van der Waals surface area contributed by atoms with E-state index in [1.807, 2.05) is 0 Å². The maximum atomic E-state index is 11.8. The van der Waals surface area contributed by atoms with Crippen LogP contribution in [-0.2, 0) is 9.59 Å². The molecule has 0 radical (unpaired) electrons. The Hall–Kier alpha value is -1.71. The molecule has 1 aliphatic heterocycles. The number of rotatable bonds is 1. The number of hydrogen-bond acceptors (Lipinski definition) is 5. The van der Waals surface area contributed by atoms with Gasteiger partial charge in [-0.3, -0.25) is 9.59 Å². The van der Waals surface area contributed by atoms with E-state index in [0.717, 1.165) is 4.90 Å². The fourth-order valence-electron chi connectivity index (χ4n) is 1.92. The van der Waals surface area contributed by atoms with Gasteiger partial charge < -0.3 is 5.11 Å². The van der Waals surface area contributed by atoms with Gasteiger partial charge in [-0.1, -0.05) is 23.2 Å². The first-order chi connectivity index (χ1) is 8.22. The summed E-state index contributed by atoms with van der Waals surface area (Å²) in [5, 5.41) is 8.95. The molecule has 6 heteroatoms. The van der Waals surface area contributed by atoms with Crippen molar-refractivity contribution in [2.24, 2.45) is 11.8 Å². The molecule has 2 unspecified atom stereocenters. The predicted octanol–water partition coefficient (Wildman–Crippen LogP) is -0.00380. The van der Waals surface area contributed by atoms with Crippen molar-refractivity contribution in [3.63, 3.8) is 0 Å². The monoisotopic (exact) mass is 248 g/mol. The fraction of sp³-hybridized carbons (Fsp3) is 0.364. The standard InChI is InChI=1S/C11H8N2O3S/c14-3-1-2-6-5-12-11(17-6)13-9(15)7-4-8(7)10(13)16/h5,7-8,14H,3-4H2. The number of fused-ring (bicyclic) bond motifs is 1. The lowest BCUT2D eigenvalue weighted by molar-refractivity contribution is -0.123. The minimum absolute atomic E-state index is 0.113. The molecule has 17 heavy (non-hydrogen) atoms. The Morgan fingerprint density at radius 2 is 2.18 bits per heavy atom. The lowest BCUT2D eigenvalue weighted by Crippen LogP contribution is -2.32. The topological polar surface area (TPSA) is 70.5 Å². The average molecular weight is 248 g/mol. The van der Waals surface area contributed by atoms with E-state index in [0.29, 0.717) is 16.4 Å². The summed E-state index contributed by atoms with van der Waals surface area (Å²) in [5.74, 6) is 4.68. The van der Waals surface area contributed by atoms with Gasteiger partial charge in [0.25, 0.3) is 0 Å². The molecule has 0 aromatic carbocycles. The highest BCUT2D eigenvalue weighted by Gasteiger charge is 2.59. The lowest BCUT2D eigenvalue weighted by Gasteiger charge is -2.11. The van der Waals surface area contributed by atoms with Crippen LogP contribution in [0.3, 0.4) is 0 Å². The quantitative estimate of drug-likeness (QED) is 0.561. The number of aromatic nitrogens is 1. The van der Waals surface area contributed by atoms with E-state index < -0.39 is 0 Å². The number of carbonyl (C=O) groups is 2. The van der Waals surface area contributed by atoms with Gasteiger partial charge in [0.15, 0.2) is 5.13 Å². The summed E-state index contributed by atoms with van der Waals surface area (Å²) in [6.45, 7) is -0.223. The number of anilines is 1. The van der Waals surface area contributed by atoms with Gasteiger partial charge in [-0.25, -0.2) is 9.88 Å². The van der Waals surface area contributed by atoms with Gasteiger partial charge in [0.2, 0.25) is 11.8 Å². The molecule has 1 aromatic rings. The normalized spacial score (nSPS) is 25.6. The number of piperidine rings is 1. The van der Waals surface area contributed by atoms with Crippen molar-refractivity contribution < 1.29 is 14.7 Å². The van der Waals surface area contributed by atoms with Crippen molar-refractivity contribution >= 4 is 28.3 Å². The third-order valence-electron chi connectivity index (χ3n) is 2.84. The van der Waals surface area contributed by atoms with Crippen molar-refractivity contribution in [1.82, 2.24) is 4.98 Å². The Kier molecular flexibility index (Phi) is 2.24. The maximum absolute atomic E-state index is 11.8. The third-order valence-corrected chi connectivity index (χ3v) is 3.74. The van der Waals surface area contributed by atoms with E-state index in [4.69, 9.17) is 5.11 Å². The SMILES string of the molecule is O=C1C2CC2C(=O)N1c1ncc(C#CCO)s1. The van der Waals surface area contributed by atoms with Crippen molar-refractivity contribution in [2.75, 3.05) is 11.5 Å². The van der Waals surface area contributed by atoms with Crippen LogP contribution in [0.25, 0.3) is 0 Å². The molecule has 2 atom stereocenters. The van der Waals surface area contributed by atoms with Gasteiger partial charge in [0.05, 0.1) is 22.9 Å². The van der Waals surface area contributed by atoms with Gasteiger partial charge in [0, 0.05) is 0 Å². The fourth-order valence-corrected chi connectivity index (χ4v) is 2.72. The van der Waals surface area contributed by atoms with E-state index in [9.17, 15) is 9.59 Å². The average Bonchev–Trinajstić information content (AvgIpc) is 2.93. The Morgan fingerprint density at radius 1 is 1.47 bits per heavy atom. The van der Waals surface area contributed by atoms with Crippen LogP contribution < -0.4 is 4.90 Å². The summed E-state index contributed by atoms with van der Waals surface area (Å²) in [6.07, 6.45) is 2.20. The highest BCUT2D eigenvalue weighted by Crippen LogP contribution is 2.48. The molecule has 3 rings (SSSR count). The number of nitrogens with zero attached hydrogens (tertiary/aromatic N) is 2. The second-order valence-electron chi connectivity index (χ2n) is 3.93. The molecule has 86 valence electrons. The molecule has 5 nitrogen and oxygen atoms in total. The highest BCUT2D eigenvalue weighted by molar-refractivity contribution is 7.16. The van der Waals surface area contributed by atoms with Gasteiger partial charge in [0.1, 0.15) is 6.61 Å². The Morgan fingerprint density at radius 3 is 2.82 bits per heavy atom. The summed E-state index contributed by atoms with van der Waals surface area (Å²) in [7, 11) is 0. The molecular weight excluding hydrogens is 240 g/mol. The molecule has 2 aliphatic rings. The number of aliphatic hydroxyl groups excluding tert-OH is 1. The summed E-state index contributed by atoms with van der Waals surface area (Å²) in [4.78, 5) is 29.4. The molecule has 0 bridgehead atoms. The van der Waals surface area contributed by atoms with Crippen molar-refractivity contribution in [3.05, 3.63) is 11.1 Å². The van der Waals surface area contributed by atoms with Crippen LogP contribution in [0.15, 0.2) is 6.20 Å². The van der Waals surface area contributed by atoms with Crippen LogP contribution >= 0.6 is 11.3 Å². The van der Waals surface area contributed by atoms with Gasteiger partial charge >= 0.3 is 0 Å². The first-order valence-corrected chi connectivity index (χ1v) is 5.97. The second kappa shape index (κ2) is 3.65. The molecular formula is C11H8N2O3S. The van der Waals surface area contributed by atoms with E-state index in [2.05, 4.69) is 16.8 Å². The zero-order valence-corrected chi connectivity index (χ0v) is 9.53. The molecule has 1 saturated heterocycles. The maximum Gasteiger partial charge on any atom is 0.239 e. The summed E-state index contributed by atoms with van der Waals surface area (Å²) in [6, 6.07) is 0. The summed E-state index contributed by atoms with van der Waals surface area (Å²) >= 11 is 1.19. The van der Waals surface area contributed by atoms with Gasteiger partial charge in [-0.05, 0) is 6.42 Å². The molecule has 2 amide bonds. The molecule has 0 spiro atoms. The van der Waals surface area contributed by atoms with Crippen LogP contribution in [0.2, 0.25) is 0 Å². The first kappa shape index (κ1) is 10.4.